The number of nitrogens with zero attached hydrogens (tertiary/aromatic N) is 1. The molecule has 0 radical (unpaired) electrons. The fourth-order valence-corrected chi connectivity index (χ4v) is 6.07. The van der Waals surface area contributed by atoms with Gasteiger partial charge in [0, 0.05) is 0 Å². The second-order valence-electron chi connectivity index (χ2n) is 13.0. The van der Waals surface area contributed by atoms with Gasteiger partial charge < -0.3 is 0 Å². The van der Waals surface area contributed by atoms with E-state index in [1.165, 1.54) is 205 Å². The van der Waals surface area contributed by atoms with E-state index in [0.717, 1.165) is 13.1 Å². The van der Waals surface area contributed by atoms with Gasteiger partial charge in [-0.05, 0) is 12.8 Å². The monoisotopic (exact) mass is 565 g/mol. The fourth-order valence-electron chi connectivity index (χ4n) is 6.07. The number of nitrogens with two attached hydrogens (primary N) is 2. The zero-order valence-corrected chi connectivity index (χ0v) is 28.1. The standard InChI is InChI=1S/C37H77N3/c1-3-5-7-9-11-13-15-17-19-21-23-25-27-29-31-33-35-40(37(38)39)36-34-32-30-28-26-24-22-20-18-16-14-12-10-8-6-4-2/h3-36H2,1-2H3,(H3,38,39)/p+1. The molecule has 0 aromatic rings. The summed E-state index contributed by atoms with van der Waals surface area (Å²) in [5.41, 5.74) is 12.0. The van der Waals surface area contributed by atoms with Crippen LogP contribution in [-0.4, -0.2) is 23.6 Å². The van der Waals surface area contributed by atoms with Crippen LogP contribution in [0.4, 0.5) is 0 Å². The van der Waals surface area contributed by atoms with Gasteiger partial charge in [0.1, 0.15) is 0 Å². The lowest BCUT2D eigenvalue weighted by Gasteiger charge is -2.10. The van der Waals surface area contributed by atoms with Crippen LogP contribution >= 0.6 is 0 Å². The van der Waals surface area contributed by atoms with Crippen molar-refractivity contribution in [3.05, 3.63) is 0 Å². The largest absolute Gasteiger partial charge is 0.341 e. The van der Waals surface area contributed by atoms with Gasteiger partial charge in [-0.25, -0.2) is 0 Å². The Balaban J connectivity index is 3.39. The molecule has 0 bridgehead atoms. The number of guanidine groups is 1. The van der Waals surface area contributed by atoms with Gasteiger partial charge >= 0.3 is 5.96 Å². The van der Waals surface area contributed by atoms with Crippen molar-refractivity contribution in [2.45, 2.75) is 219 Å². The predicted octanol–water partition coefficient (Wildman–Crippen LogP) is 11.8. The third-order valence-corrected chi connectivity index (χ3v) is 8.93. The molecule has 3 heteroatoms. The summed E-state index contributed by atoms with van der Waals surface area (Å²) >= 11 is 0. The molecule has 0 aliphatic carbocycles. The fraction of sp³-hybridized carbons (Fsp3) is 0.973. The molecule has 40 heavy (non-hydrogen) atoms. The molecule has 0 unspecified atom stereocenters. The van der Waals surface area contributed by atoms with E-state index in [2.05, 4.69) is 18.4 Å². The molecule has 0 aromatic carbocycles. The quantitative estimate of drug-likeness (QED) is 0.0353. The summed E-state index contributed by atoms with van der Waals surface area (Å²) in [6.07, 6.45) is 45.2. The van der Waals surface area contributed by atoms with Gasteiger partial charge in [0.05, 0.1) is 13.1 Å². The average Bonchev–Trinajstić information content (AvgIpc) is 2.95. The van der Waals surface area contributed by atoms with Crippen LogP contribution in [0, 0.1) is 0 Å². The van der Waals surface area contributed by atoms with Crippen molar-refractivity contribution in [3.8, 4) is 0 Å². The maximum atomic E-state index is 5.99. The summed E-state index contributed by atoms with van der Waals surface area (Å²) in [5, 5.41) is 0. The van der Waals surface area contributed by atoms with Gasteiger partial charge in [0.2, 0.25) is 0 Å². The summed E-state index contributed by atoms with van der Waals surface area (Å²) in [6.45, 7) is 6.68. The molecule has 0 saturated heterocycles. The van der Waals surface area contributed by atoms with E-state index in [9.17, 15) is 0 Å². The third kappa shape index (κ3) is 31.8. The van der Waals surface area contributed by atoms with Crippen LogP contribution in [0.2, 0.25) is 0 Å². The normalized spacial score (nSPS) is 11.3. The van der Waals surface area contributed by atoms with Crippen molar-refractivity contribution in [1.82, 2.24) is 0 Å². The molecule has 0 aliphatic rings. The summed E-state index contributed by atoms with van der Waals surface area (Å²) in [6, 6.07) is 0. The van der Waals surface area contributed by atoms with E-state index in [1.807, 2.05) is 0 Å². The van der Waals surface area contributed by atoms with E-state index in [1.54, 1.807) is 0 Å². The van der Waals surface area contributed by atoms with Crippen molar-refractivity contribution < 1.29 is 4.58 Å². The van der Waals surface area contributed by atoms with Crippen LogP contribution in [0.15, 0.2) is 0 Å². The van der Waals surface area contributed by atoms with Crippen molar-refractivity contribution in [2.24, 2.45) is 11.5 Å². The Bertz CT molecular complexity index is 460. The molecule has 0 saturated carbocycles. The minimum Gasteiger partial charge on any atom is -0.291 e. The highest BCUT2D eigenvalue weighted by atomic mass is 15.1. The van der Waals surface area contributed by atoms with Gasteiger partial charge in [0.25, 0.3) is 0 Å². The highest BCUT2D eigenvalue weighted by Gasteiger charge is 2.04. The molecule has 0 heterocycles. The Morgan fingerprint density at radius 3 is 0.650 bits per heavy atom. The lowest BCUT2D eigenvalue weighted by Crippen LogP contribution is -2.37. The van der Waals surface area contributed by atoms with Gasteiger partial charge in [0.15, 0.2) is 0 Å². The van der Waals surface area contributed by atoms with Crippen LogP contribution in [-0.2, 0) is 0 Å². The number of unbranched alkanes of at least 4 members (excludes halogenated alkanes) is 30. The van der Waals surface area contributed by atoms with E-state index >= 15 is 0 Å². The van der Waals surface area contributed by atoms with Gasteiger partial charge in [-0.2, -0.15) is 0 Å². The molecule has 0 spiro atoms. The minimum absolute atomic E-state index is 0.530. The Hall–Kier alpha value is -0.730. The molecule has 0 aromatic heterocycles. The zero-order chi connectivity index (χ0) is 29.2. The summed E-state index contributed by atoms with van der Waals surface area (Å²) in [4.78, 5) is 0. The van der Waals surface area contributed by atoms with Gasteiger partial charge in [-0.1, -0.05) is 206 Å². The Kier molecular flexibility index (Phi) is 33.8. The Labute approximate surface area is 254 Å². The average molecular weight is 565 g/mol. The molecule has 0 fully saturated rings. The molecular weight excluding hydrogens is 486 g/mol. The van der Waals surface area contributed by atoms with Gasteiger partial charge in [-0.3, -0.25) is 16.0 Å². The van der Waals surface area contributed by atoms with Crippen LogP contribution in [0.3, 0.4) is 0 Å². The first-order valence-electron chi connectivity index (χ1n) is 18.8. The molecule has 3 nitrogen and oxygen atoms in total. The maximum absolute atomic E-state index is 5.99. The number of rotatable bonds is 34. The second-order valence-corrected chi connectivity index (χ2v) is 13.0. The Morgan fingerprint density at radius 2 is 0.475 bits per heavy atom. The van der Waals surface area contributed by atoms with Crippen molar-refractivity contribution in [1.29, 1.82) is 0 Å². The molecular formula is C37H78N3+. The first-order chi connectivity index (χ1) is 19.7. The number of hydrogen-bond donors (Lipinski definition) is 2. The Morgan fingerprint density at radius 1 is 0.300 bits per heavy atom. The van der Waals surface area contributed by atoms with Crippen LogP contribution in [0.1, 0.15) is 219 Å². The minimum atomic E-state index is 0.530. The lowest BCUT2D eigenvalue weighted by molar-refractivity contribution is -0.530. The third-order valence-electron chi connectivity index (χ3n) is 8.93. The molecule has 0 atom stereocenters. The first-order valence-corrected chi connectivity index (χ1v) is 18.8. The zero-order valence-electron chi connectivity index (χ0n) is 28.1. The van der Waals surface area contributed by atoms with E-state index in [0.29, 0.717) is 5.96 Å². The van der Waals surface area contributed by atoms with Crippen LogP contribution in [0.25, 0.3) is 0 Å². The van der Waals surface area contributed by atoms with Crippen molar-refractivity contribution >= 4 is 5.96 Å². The molecule has 0 aliphatic heterocycles. The maximum Gasteiger partial charge on any atom is 0.341 e. The van der Waals surface area contributed by atoms with E-state index < -0.39 is 0 Å². The first kappa shape index (κ1) is 39.3. The van der Waals surface area contributed by atoms with Crippen molar-refractivity contribution in [3.63, 3.8) is 0 Å². The molecule has 4 N–H and O–H groups in total. The number of hydrogen-bond acceptors (Lipinski definition) is 0. The van der Waals surface area contributed by atoms with E-state index in [-0.39, 0.29) is 0 Å². The topological polar surface area (TPSA) is 55.0 Å². The van der Waals surface area contributed by atoms with Crippen LogP contribution < -0.4 is 11.5 Å². The lowest BCUT2D eigenvalue weighted by atomic mass is 10.0. The summed E-state index contributed by atoms with van der Waals surface area (Å²) in [5.74, 6) is 0.530. The predicted molar refractivity (Wildman–Crippen MR) is 182 cm³/mol. The van der Waals surface area contributed by atoms with Crippen molar-refractivity contribution in [2.75, 3.05) is 13.1 Å². The van der Waals surface area contributed by atoms with Gasteiger partial charge in [-0.15, -0.1) is 0 Å². The van der Waals surface area contributed by atoms with E-state index in [4.69, 9.17) is 11.5 Å². The summed E-state index contributed by atoms with van der Waals surface area (Å²) < 4.78 is 2.23. The smallest absolute Gasteiger partial charge is 0.291 e. The van der Waals surface area contributed by atoms with Crippen LogP contribution in [0.5, 0.6) is 0 Å². The highest BCUT2D eigenvalue weighted by Crippen LogP contribution is 2.15. The second kappa shape index (κ2) is 34.5. The molecule has 0 rings (SSSR count). The molecule has 240 valence electrons. The SMILES string of the molecule is CCCCCCCCCCCCCCCCCC[N+](CCCCCCCCCCCCCCCCCC)=C(N)N. The molecule has 0 amide bonds. The summed E-state index contributed by atoms with van der Waals surface area (Å²) in [7, 11) is 0. The highest BCUT2D eigenvalue weighted by molar-refractivity contribution is 5.70.